The Kier molecular flexibility index (Phi) is 2.13. The van der Waals surface area contributed by atoms with E-state index < -0.39 is 4.92 Å². The molecule has 2 heterocycles. The highest BCUT2D eigenvalue weighted by Crippen LogP contribution is 2.35. The largest absolute Gasteiger partial charge is 0.309 e. The summed E-state index contributed by atoms with van der Waals surface area (Å²) in [7, 11) is 0. The summed E-state index contributed by atoms with van der Waals surface area (Å²) in [6.07, 6.45) is 0. The summed E-state index contributed by atoms with van der Waals surface area (Å²) in [5, 5.41) is 13.3. The smallest absolute Gasteiger partial charge is 0.258 e. The fourth-order valence-corrected chi connectivity index (χ4v) is 2.49. The number of aryl methyl sites for hydroxylation is 1. The van der Waals surface area contributed by atoms with Gasteiger partial charge in [0.1, 0.15) is 15.5 Å². The zero-order valence-electron chi connectivity index (χ0n) is 7.15. The van der Waals surface area contributed by atoms with E-state index in [1.54, 1.807) is 13.0 Å². The minimum atomic E-state index is -0.498. The Bertz CT molecular complexity index is 523. The van der Waals surface area contributed by atoms with Crippen LogP contribution in [-0.2, 0) is 0 Å². The lowest BCUT2D eigenvalue weighted by Gasteiger charge is -1.99. The van der Waals surface area contributed by atoms with Crippen molar-refractivity contribution < 1.29 is 4.92 Å². The van der Waals surface area contributed by atoms with Gasteiger partial charge in [-0.05, 0) is 18.4 Å². The first-order valence-electron chi connectivity index (χ1n) is 3.79. The monoisotopic (exact) mass is 228 g/mol. The van der Waals surface area contributed by atoms with Crippen molar-refractivity contribution in [2.45, 2.75) is 6.92 Å². The number of nitrogens with zero attached hydrogens (tertiary/aromatic N) is 2. The fraction of sp³-hybridized carbons (Fsp3) is 0.125. The van der Waals surface area contributed by atoms with Gasteiger partial charge in [0.25, 0.3) is 0 Å². The molecule has 2 aromatic heterocycles. The molecule has 4 nitrogen and oxygen atoms in total. The third-order valence-corrected chi connectivity index (χ3v) is 3.07. The molecule has 0 N–H and O–H groups in total. The Balaban J connectivity index is 2.89. The normalized spacial score (nSPS) is 10.7. The molecule has 0 saturated heterocycles. The Hall–Kier alpha value is -1.20. The second-order valence-electron chi connectivity index (χ2n) is 2.76. The molecule has 0 spiro atoms. The van der Waals surface area contributed by atoms with Gasteiger partial charge in [0, 0.05) is 5.39 Å². The number of fused-ring (bicyclic) bond motifs is 1. The molecule has 2 aromatic rings. The van der Waals surface area contributed by atoms with Crippen LogP contribution in [0.25, 0.3) is 10.2 Å². The van der Waals surface area contributed by atoms with Gasteiger partial charge in [-0.25, -0.2) is 4.98 Å². The van der Waals surface area contributed by atoms with Crippen LogP contribution < -0.4 is 0 Å². The molecule has 72 valence electrons. The molecule has 0 saturated carbocycles. The number of nitro groups is 1. The van der Waals surface area contributed by atoms with Gasteiger partial charge in [0.15, 0.2) is 0 Å². The van der Waals surface area contributed by atoms with Crippen molar-refractivity contribution in [3.63, 3.8) is 0 Å². The predicted molar refractivity (Wildman–Crippen MR) is 56.0 cm³/mol. The Morgan fingerprint density at radius 2 is 2.36 bits per heavy atom. The van der Waals surface area contributed by atoms with E-state index >= 15 is 0 Å². The SMILES string of the molecule is Cc1nc2sccc2c(Cl)c1[N+](=O)[O-]. The van der Waals surface area contributed by atoms with E-state index in [0.717, 1.165) is 4.83 Å². The molecule has 0 unspecified atom stereocenters. The second-order valence-corrected chi connectivity index (χ2v) is 4.03. The summed E-state index contributed by atoms with van der Waals surface area (Å²) >= 11 is 7.33. The van der Waals surface area contributed by atoms with Crippen LogP contribution in [0.2, 0.25) is 5.02 Å². The van der Waals surface area contributed by atoms with Crippen LogP contribution in [-0.4, -0.2) is 9.91 Å². The van der Waals surface area contributed by atoms with Crippen LogP contribution in [0.5, 0.6) is 0 Å². The summed E-state index contributed by atoms with van der Waals surface area (Å²) in [5.74, 6) is 0. The summed E-state index contributed by atoms with van der Waals surface area (Å²) in [5.41, 5.74) is 0.257. The fourth-order valence-electron chi connectivity index (χ4n) is 1.26. The van der Waals surface area contributed by atoms with Crippen molar-refractivity contribution in [1.82, 2.24) is 4.98 Å². The first-order chi connectivity index (χ1) is 6.61. The lowest BCUT2D eigenvalue weighted by Crippen LogP contribution is -1.95. The molecule has 0 aliphatic carbocycles. The van der Waals surface area contributed by atoms with E-state index in [-0.39, 0.29) is 10.7 Å². The van der Waals surface area contributed by atoms with Gasteiger partial charge in [-0.1, -0.05) is 11.6 Å². The highest BCUT2D eigenvalue weighted by atomic mass is 35.5. The zero-order valence-corrected chi connectivity index (χ0v) is 8.72. The van der Waals surface area contributed by atoms with Crippen molar-refractivity contribution in [3.8, 4) is 0 Å². The summed E-state index contributed by atoms with van der Waals surface area (Å²) in [6.45, 7) is 1.59. The number of aromatic nitrogens is 1. The molecular formula is C8H5ClN2O2S. The second kappa shape index (κ2) is 3.18. The standard InChI is InChI=1S/C8H5ClN2O2S/c1-4-7(11(12)13)6(9)5-2-3-14-8(5)10-4/h2-3H,1H3. The average Bonchev–Trinajstić information content (AvgIpc) is 2.50. The minimum Gasteiger partial charge on any atom is -0.258 e. The van der Waals surface area contributed by atoms with Gasteiger partial charge in [0.2, 0.25) is 0 Å². The molecule has 0 atom stereocenters. The number of hydrogen-bond donors (Lipinski definition) is 0. The highest BCUT2D eigenvalue weighted by molar-refractivity contribution is 7.16. The van der Waals surface area contributed by atoms with Crippen molar-refractivity contribution >= 4 is 38.8 Å². The van der Waals surface area contributed by atoms with Crippen LogP contribution in [0.15, 0.2) is 11.4 Å². The van der Waals surface area contributed by atoms with Crippen LogP contribution in [0.3, 0.4) is 0 Å². The molecule has 0 aliphatic heterocycles. The number of pyridine rings is 1. The minimum absolute atomic E-state index is 0.0995. The van der Waals surface area contributed by atoms with Crippen molar-refractivity contribution in [2.75, 3.05) is 0 Å². The molecule has 0 radical (unpaired) electrons. The molecule has 14 heavy (non-hydrogen) atoms. The Morgan fingerprint density at radius 1 is 1.64 bits per heavy atom. The number of thiophene rings is 1. The number of rotatable bonds is 1. The van der Waals surface area contributed by atoms with Crippen molar-refractivity contribution in [1.29, 1.82) is 0 Å². The average molecular weight is 229 g/mol. The highest BCUT2D eigenvalue weighted by Gasteiger charge is 2.20. The van der Waals surface area contributed by atoms with Gasteiger partial charge < -0.3 is 0 Å². The first-order valence-corrected chi connectivity index (χ1v) is 5.04. The third kappa shape index (κ3) is 1.25. The van der Waals surface area contributed by atoms with Crippen molar-refractivity contribution in [3.05, 3.63) is 32.3 Å². The number of halogens is 1. The maximum atomic E-state index is 10.7. The van der Waals surface area contributed by atoms with Gasteiger partial charge in [-0.3, -0.25) is 10.1 Å². The van der Waals surface area contributed by atoms with Gasteiger partial charge >= 0.3 is 5.69 Å². The van der Waals surface area contributed by atoms with E-state index in [1.165, 1.54) is 11.3 Å². The molecule has 6 heteroatoms. The van der Waals surface area contributed by atoms with Crippen LogP contribution in [0, 0.1) is 17.0 Å². The van der Waals surface area contributed by atoms with E-state index in [1.807, 2.05) is 5.38 Å². The van der Waals surface area contributed by atoms with E-state index in [4.69, 9.17) is 11.6 Å². The summed E-state index contributed by atoms with van der Waals surface area (Å²) in [6, 6.07) is 1.74. The predicted octanol–water partition coefficient (Wildman–Crippen LogP) is 3.17. The van der Waals surface area contributed by atoms with Crippen LogP contribution in [0.4, 0.5) is 5.69 Å². The van der Waals surface area contributed by atoms with Crippen LogP contribution >= 0.6 is 22.9 Å². The van der Waals surface area contributed by atoms with Gasteiger partial charge in [-0.2, -0.15) is 0 Å². The van der Waals surface area contributed by atoms with E-state index in [0.29, 0.717) is 11.1 Å². The molecule has 2 rings (SSSR count). The lowest BCUT2D eigenvalue weighted by molar-refractivity contribution is -0.385. The number of hydrogen-bond acceptors (Lipinski definition) is 4. The van der Waals surface area contributed by atoms with E-state index in [2.05, 4.69) is 4.98 Å². The van der Waals surface area contributed by atoms with Gasteiger partial charge in [0.05, 0.1) is 4.92 Å². The molecule has 0 aliphatic rings. The molecule has 0 amide bonds. The van der Waals surface area contributed by atoms with Gasteiger partial charge in [-0.15, -0.1) is 11.3 Å². The lowest BCUT2D eigenvalue weighted by atomic mass is 10.2. The van der Waals surface area contributed by atoms with Crippen LogP contribution in [0.1, 0.15) is 5.69 Å². The quantitative estimate of drug-likeness (QED) is 0.556. The summed E-state index contributed by atoms with van der Waals surface area (Å²) < 4.78 is 0. The topological polar surface area (TPSA) is 56.0 Å². The Labute approximate surface area is 88.3 Å². The molecule has 0 fully saturated rings. The molecular weight excluding hydrogens is 224 g/mol. The maximum Gasteiger partial charge on any atom is 0.309 e. The third-order valence-electron chi connectivity index (χ3n) is 1.88. The maximum absolute atomic E-state index is 10.7. The van der Waals surface area contributed by atoms with E-state index in [9.17, 15) is 10.1 Å². The summed E-state index contributed by atoms with van der Waals surface area (Å²) in [4.78, 5) is 15.0. The molecule has 0 bridgehead atoms. The van der Waals surface area contributed by atoms with Crippen molar-refractivity contribution in [2.24, 2.45) is 0 Å². The molecule has 0 aromatic carbocycles. The zero-order chi connectivity index (χ0) is 10.3. The first kappa shape index (κ1) is 9.36. The Morgan fingerprint density at radius 3 is 3.00 bits per heavy atom.